The second-order valence-electron chi connectivity index (χ2n) is 2.40. The lowest BCUT2D eigenvalue weighted by molar-refractivity contribution is 0.112. The Kier molecular flexibility index (Phi) is 2.90. The molecule has 0 aliphatic rings. The summed E-state index contributed by atoms with van der Waals surface area (Å²) in [5, 5.41) is 15.7. The Labute approximate surface area is 79.1 Å². The van der Waals surface area contributed by atoms with Crippen LogP contribution < -0.4 is 5.73 Å². The number of nitrogens with zero attached hydrogens (tertiary/aromatic N) is 2. The first-order chi connectivity index (χ1) is 6.63. The predicted octanol–water partition coefficient (Wildman–Crippen LogP) is 1.37. The minimum atomic E-state index is -0.955. The fraction of sp³-hybridized carbons (Fsp3) is 0. The SMILES string of the molecule is NC(=O)N=Nc1ccc(C=O)cc1O. The van der Waals surface area contributed by atoms with Gasteiger partial charge in [0, 0.05) is 5.56 Å². The number of hydrogen-bond donors (Lipinski definition) is 2. The Bertz CT molecular complexity index is 401. The summed E-state index contributed by atoms with van der Waals surface area (Å²) >= 11 is 0. The van der Waals surface area contributed by atoms with Gasteiger partial charge in [0.15, 0.2) is 0 Å². The summed E-state index contributed by atoms with van der Waals surface area (Å²) in [6, 6.07) is 3.04. The second-order valence-corrected chi connectivity index (χ2v) is 2.40. The van der Waals surface area contributed by atoms with E-state index in [0.717, 1.165) is 0 Å². The number of azo groups is 1. The first-order valence-electron chi connectivity index (χ1n) is 3.63. The quantitative estimate of drug-likeness (QED) is 0.547. The smallest absolute Gasteiger partial charge is 0.356 e. The van der Waals surface area contributed by atoms with Gasteiger partial charge in [0.05, 0.1) is 0 Å². The molecular formula is C8H7N3O3. The van der Waals surface area contributed by atoms with E-state index in [2.05, 4.69) is 10.2 Å². The maximum absolute atomic E-state index is 10.3. The van der Waals surface area contributed by atoms with Crippen LogP contribution in [-0.4, -0.2) is 17.4 Å². The summed E-state index contributed by atoms with van der Waals surface area (Å²) < 4.78 is 0. The van der Waals surface area contributed by atoms with Crippen LogP contribution in [0.4, 0.5) is 10.5 Å². The highest BCUT2D eigenvalue weighted by Gasteiger charge is 2.01. The van der Waals surface area contributed by atoms with Crippen molar-refractivity contribution in [2.24, 2.45) is 16.0 Å². The minimum absolute atomic E-state index is 0.0781. The van der Waals surface area contributed by atoms with Crippen molar-refractivity contribution in [3.8, 4) is 5.75 Å². The van der Waals surface area contributed by atoms with Crippen molar-refractivity contribution in [1.82, 2.24) is 0 Å². The van der Waals surface area contributed by atoms with Gasteiger partial charge in [-0.05, 0) is 18.2 Å². The number of rotatable bonds is 2. The van der Waals surface area contributed by atoms with Crippen LogP contribution in [-0.2, 0) is 0 Å². The summed E-state index contributed by atoms with van der Waals surface area (Å²) in [5.74, 6) is -0.236. The molecule has 0 heterocycles. The Hall–Kier alpha value is -2.24. The van der Waals surface area contributed by atoms with Crippen molar-refractivity contribution >= 4 is 18.0 Å². The zero-order valence-corrected chi connectivity index (χ0v) is 7.04. The average Bonchev–Trinajstić information content (AvgIpc) is 2.15. The molecule has 0 saturated heterocycles. The van der Waals surface area contributed by atoms with Gasteiger partial charge in [-0.15, -0.1) is 5.11 Å². The number of phenolic OH excluding ortho intramolecular Hbond substituents is 1. The molecule has 0 aliphatic heterocycles. The number of carbonyl (C=O) groups excluding carboxylic acids is 2. The molecule has 1 aromatic rings. The fourth-order valence-electron chi connectivity index (χ4n) is 0.801. The van der Waals surface area contributed by atoms with Crippen LogP contribution in [0, 0.1) is 0 Å². The van der Waals surface area contributed by atoms with Crippen molar-refractivity contribution in [2.45, 2.75) is 0 Å². The predicted molar refractivity (Wildman–Crippen MR) is 47.6 cm³/mol. The first kappa shape index (κ1) is 9.85. The summed E-state index contributed by atoms with van der Waals surface area (Å²) in [6.45, 7) is 0. The van der Waals surface area contributed by atoms with Gasteiger partial charge in [-0.25, -0.2) is 4.79 Å². The van der Waals surface area contributed by atoms with Gasteiger partial charge in [-0.1, -0.05) is 5.11 Å². The van der Waals surface area contributed by atoms with E-state index in [1.807, 2.05) is 0 Å². The molecule has 1 aromatic carbocycles. The lowest BCUT2D eigenvalue weighted by atomic mass is 10.2. The standard InChI is InChI=1S/C8H7N3O3/c9-8(14)11-10-6-2-1-5(4-12)3-7(6)13/h1-4,13H,(H2,9,14). The van der Waals surface area contributed by atoms with Crippen LogP contribution in [0.15, 0.2) is 28.4 Å². The van der Waals surface area contributed by atoms with E-state index in [0.29, 0.717) is 11.8 Å². The zero-order valence-electron chi connectivity index (χ0n) is 7.04. The third-order valence-corrected chi connectivity index (χ3v) is 1.39. The third kappa shape index (κ3) is 2.37. The number of aldehydes is 1. The van der Waals surface area contributed by atoms with Gasteiger partial charge < -0.3 is 10.8 Å². The highest BCUT2D eigenvalue weighted by molar-refractivity contribution is 5.77. The van der Waals surface area contributed by atoms with Crippen molar-refractivity contribution in [1.29, 1.82) is 0 Å². The number of carbonyl (C=O) groups is 2. The number of primary amides is 1. The number of phenols is 1. The van der Waals surface area contributed by atoms with Crippen LogP contribution in [0.1, 0.15) is 10.4 Å². The van der Waals surface area contributed by atoms with Crippen LogP contribution >= 0.6 is 0 Å². The van der Waals surface area contributed by atoms with E-state index in [9.17, 15) is 14.7 Å². The Morgan fingerprint density at radius 2 is 2.21 bits per heavy atom. The highest BCUT2D eigenvalue weighted by Crippen LogP contribution is 2.26. The van der Waals surface area contributed by atoms with E-state index in [1.54, 1.807) is 0 Å². The molecule has 0 spiro atoms. The molecule has 14 heavy (non-hydrogen) atoms. The van der Waals surface area contributed by atoms with E-state index in [1.165, 1.54) is 18.2 Å². The van der Waals surface area contributed by atoms with Gasteiger partial charge in [0.1, 0.15) is 17.7 Å². The fourth-order valence-corrected chi connectivity index (χ4v) is 0.801. The molecule has 0 atom stereocenters. The summed E-state index contributed by atoms with van der Waals surface area (Å²) in [7, 11) is 0. The van der Waals surface area contributed by atoms with Crippen molar-refractivity contribution in [3.63, 3.8) is 0 Å². The molecule has 0 unspecified atom stereocenters. The average molecular weight is 193 g/mol. The molecule has 0 radical (unpaired) electrons. The van der Waals surface area contributed by atoms with Crippen molar-refractivity contribution in [2.75, 3.05) is 0 Å². The third-order valence-electron chi connectivity index (χ3n) is 1.39. The van der Waals surface area contributed by atoms with Gasteiger partial charge in [0.25, 0.3) is 0 Å². The number of benzene rings is 1. The van der Waals surface area contributed by atoms with Crippen molar-refractivity contribution in [3.05, 3.63) is 23.8 Å². The molecule has 0 aromatic heterocycles. The number of urea groups is 1. The number of hydrogen-bond acceptors (Lipinski definition) is 4. The zero-order chi connectivity index (χ0) is 10.6. The number of aromatic hydroxyl groups is 1. The molecule has 3 N–H and O–H groups in total. The van der Waals surface area contributed by atoms with E-state index >= 15 is 0 Å². The molecule has 72 valence electrons. The van der Waals surface area contributed by atoms with Gasteiger partial charge in [0.2, 0.25) is 0 Å². The largest absolute Gasteiger partial charge is 0.506 e. The summed E-state index contributed by atoms with van der Waals surface area (Å²) in [5.41, 5.74) is 5.09. The normalized spacial score (nSPS) is 10.3. The molecule has 6 nitrogen and oxygen atoms in total. The van der Waals surface area contributed by atoms with E-state index < -0.39 is 6.03 Å². The maximum Gasteiger partial charge on any atom is 0.356 e. The molecule has 2 amide bonds. The molecule has 0 aliphatic carbocycles. The Balaban J connectivity index is 3.00. The monoisotopic (exact) mass is 193 g/mol. The molecule has 0 bridgehead atoms. The van der Waals surface area contributed by atoms with E-state index in [-0.39, 0.29) is 11.4 Å². The van der Waals surface area contributed by atoms with Crippen LogP contribution in [0.3, 0.4) is 0 Å². The lowest BCUT2D eigenvalue weighted by Gasteiger charge is -1.96. The Morgan fingerprint density at radius 1 is 1.50 bits per heavy atom. The number of amides is 2. The number of nitrogens with two attached hydrogens (primary N) is 1. The Morgan fingerprint density at radius 3 is 2.71 bits per heavy atom. The van der Waals surface area contributed by atoms with Crippen molar-refractivity contribution < 1.29 is 14.7 Å². The second kappa shape index (κ2) is 4.13. The topological polar surface area (TPSA) is 105 Å². The molecule has 1 rings (SSSR count). The summed E-state index contributed by atoms with van der Waals surface area (Å²) in [4.78, 5) is 20.5. The van der Waals surface area contributed by atoms with Crippen LogP contribution in [0.2, 0.25) is 0 Å². The maximum atomic E-state index is 10.3. The van der Waals surface area contributed by atoms with Gasteiger partial charge in [-0.2, -0.15) is 0 Å². The van der Waals surface area contributed by atoms with Gasteiger partial charge in [-0.3, -0.25) is 4.79 Å². The van der Waals surface area contributed by atoms with E-state index in [4.69, 9.17) is 5.73 Å². The van der Waals surface area contributed by atoms with Gasteiger partial charge >= 0.3 is 6.03 Å². The van der Waals surface area contributed by atoms with Crippen LogP contribution in [0.5, 0.6) is 5.75 Å². The first-order valence-corrected chi connectivity index (χ1v) is 3.63. The highest BCUT2D eigenvalue weighted by atomic mass is 16.3. The molecule has 6 heteroatoms. The summed E-state index contributed by atoms with van der Waals surface area (Å²) in [6.07, 6.45) is 0.578. The minimum Gasteiger partial charge on any atom is -0.506 e. The molecular weight excluding hydrogens is 186 g/mol. The molecule has 0 fully saturated rings. The lowest BCUT2D eigenvalue weighted by Crippen LogP contribution is -2.01. The van der Waals surface area contributed by atoms with Crippen LogP contribution in [0.25, 0.3) is 0 Å². The molecule has 0 saturated carbocycles.